The van der Waals surface area contributed by atoms with E-state index in [2.05, 4.69) is 20.8 Å². The van der Waals surface area contributed by atoms with Crippen LogP contribution in [0.15, 0.2) is 51.5 Å². The van der Waals surface area contributed by atoms with Crippen LogP contribution < -0.4 is 16.1 Å². The van der Waals surface area contributed by atoms with E-state index in [0.717, 1.165) is 16.7 Å². The van der Waals surface area contributed by atoms with Crippen molar-refractivity contribution >= 4 is 70.5 Å². The number of carbonyl (C=O) groups excluding carboxylic acids is 5. The van der Waals surface area contributed by atoms with E-state index in [1.807, 2.05) is 5.48 Å². The molecule has 0 saturated carbocycles. The highest BCUT2D eigenvalue weighted by Crippen LogP contribution is 2.46. The molecule has 3 aliphatic rings. The molecule has 16 nitrogen and oxygen atoms in total. The van der Waals surface area contributed by atoms with Gasteiger partial charge in [-0.15, -0.1) is 22.0 Å². The molecule has 0 radical (unpaired) electrons. The largest absolute Gasteiger partial charge is 0.477 e. The smallest absolute Gasteiger partial charge is 0.352 e. The van der Waals surface area contributed by atoms with Crippen LogP contribution in [0.5, 0.6) is 0 Å². The Kier molecular flexibility index (Phi) is 9.20. The summed E-state index contributed by atoms with van der Waals surface area (Å²) in [7, 11) is 0. The van der Waals surface area contributed by atoms with Crippen LogP contribution in [0.3, 0.4) is 0 Å². The second-order valence-electron chi connectivity index (χ2n) is 9.63. The number of likely N-dealkylation sites (N-methyl/N-ethyl adjacent to an activating group) is 1. The highest BCUT2D eigenvalue weighted by molar-refractivity contribution is 8.01. The van der Waals surface area contributed by atoms with Crippen molar-refractivity contribution in [3.63, 3.8) is 0 Å². The molecule has 5 rings (SSSR count). The fourth-order valence-electron chi connectivity index (χ4n) is 4.94. The summed E-state index contributed by atoms with van der Waals surface area (Å²) in [5, 5.41) is 31.7. The van der Waals surface area contributed by atoms with Gasteiger partial charge in [0.15, 0.2) is 4.34 Å². The van der Waals surface area contributed by atoms with Crippen LogP contribution in [0.25, 0.3) is 0 Å². The van der Waals surface area contributed by atoms with Gasteiger partial charge < -0.3 is 25.8 Å². The molecule has 0 aliphatic carbocycles. The Hall–Kier alpha value is -4.04. The van der Waals surface area contributed by atoms with Gasteiger partial charge in [-0.1, -0.05) is 53.4 Å². The number of nitrogens with one attached hydrogen (secondary N) is 3. The zero-order valence-corrected chi connectivity index (χ0v) is 25.4. The Morgan fingerprint density at radius 3 is 2.55 bits per heavy atom. The number of amides is 6. The highest BCUT2D eigenvalue weighted by Gasteiger charge is 2.66. The van der Waals surface area contributed by atoms with Crippen LogP contribution in [0.4, 0.5) is 4.79 Å². The van der Waals surface area contributed by atoms with Gasteiger partial charge in [0.25, 0.3) is 5.91 Å². The SMILES string of the molecule is CCN1CCN(C(=O)NC(C(=O)N[C@]2(NO)C(=O)N3C(C(=O)O)=C(CSc4nncs4)CS[C@@H]32)c2ccccc2)C(=O)C1=O. The number of carboxylic acid groups (broad SMARTS) is 1. The van der Waals surface area contributed by atoms with Crippen molar-refractivity contribution in [2.24, 2.45) is 0 Å². The number of urea groups is 1. The van der Waals surface area contributed by atoms with Gasteiger partial charge in [-0.05, 0) is 18.1 Å². The van der Waals surface area contributed by atoms with Crippen LogP contribution in [0.1, 0.15) is 18.5 Å². The lowest BCUT2D eigenvalue weighted by Crippen LogP contribution is -2.85. The number of aromatic nitrogens is 2. The van der Waals surface area contributed by atoms with E-state index in [1.54, 1.807) is 25.1 Å². The predicted octanol–water partition coefficient (Wildman–Crippen LogP) is -0.183. The monoisotopic (exact) mass is 662 g/mol. The van der Waals surface area contributed by atoms with Gasteiger partial charge >= 0.3 is 23.8 Å². The molecule has 4 heterocycles. The molecule has 5 N–H and O–H groups in total. The van der Waals surface area contributed by atoms with Crippen LogP contribution in [-0.2, 0) is 24.0 Å². The van der Waals surface area contributed by atoms with Crippen molar-refractivity contribution in [2.75, 3.05) is 31.1 Å². The Bertz CT molecular complexity index is 1520. The summed E-state index contributed by atoms with van der Waals surface area (Å²) >= 11 is 3.67. The summed E-state index contributed by atoms with van der Waals surface area (Å²) in [6.07, 6.45) is 0. The molecule has 2 fully saturated rings. The van der Waals surface area contributed by atoms with Gasteiger partial charge in [0.1, 0.15) is 22.6 Å². The lowest BCUT2D eigenvalue weighted by Gasteiger charge is -2.56. The van der Waals surface area contributed by atoms with E-state index in [0.29, 0.717) is 14.8 Å². The number of rotatable bonds is 10. The number of benzene rings is 1. The average molecular weight is 663 g/mol. The molecule has 19 heteroatoms. The number of carboxylic acids is 1. The van der Waals surface area contributed by atoms with E-state index in [1.165, 1.54) is 45.6 Å². The lowest BCUT2D eigenvalue weighted by atomic mass is 9.94. The van der Waals surface area contributed by atoms with E-state index < -0.39 is 52.7 Å². The average Bonchev–Trinajstić information content (AvgIpc) is 3.56. The molecule has 0 bridgehead atoms. The Labute approximate surface area is 262 Å². The summed E-state index contributed by atoms with van der Waals surface area (Å²) in [4.78, 5) is 80.6. The number of carbonyl (C=O) groups is 6. The number of hydroxylamine groups is 1. The number of aliphatic carboxylic acids is 1. The summed E-state index contributed by atoms with van der Waals surface area (Å²) in [5.74, 6) is -4.74. The molecule has 232 valence electrons. The minimum Gasteiger partial charge on any atom is -0.477 e. The predicted molar refractivity (Wildman–Crippen MR) is 156 cm³/mol. The number of fused-ring (bicyclic) bond motifs is 1. The van der Waals surface area contributed by atoms with Crippen molar-refractivity contribution in [3.05, 3.63) is 52.7 Å². The standard InChI is InChI=1S/C25H26N8O8S3/c1-2-31-8-9-32(19(36)18(31)35)23(40)27-15(13-6-4-3-5-7-13)17(34)28-25(30-41)21(39)33-16(20(37)38)14(10-42-22(25)33)11-43-24-29-26-12-44-24/h3-7,12,15,22,30,41H,2,8-11H2,1H3,(H,27,40)(H,28,34)(H,37,38)/t15?,22-,25+/m1/s1. The quantitative estimate of drug-likeness (QED) is 0.0735. The maximum atomic E-state index is 13.7. The number of thioether (sulfide) groups is 2. The van der Waals surface area contributed by atoms with Gasteiger partial charge in [0, 0.05) is 31.1 Å². The van der Waals surface area contributed by atoms with Gasteiger partial charge in [-0.2, -0.15) is 5.48 Å². The van der Waals surface area contributed by atoms with Crippen molar-refractivity contribution < 1.29 is 39.1 Å². The summed E-state index contributed by atoms with van der Waals surface area (Å²) in [6, 6.07) is 5.48. The maximum Gasteiger partial charge on any atom is 0.352 e. The molecule has 2 saturated heterocycles. The molecule has 2 aromatic rings. The second-order valence-corrected chi connectivity index (χ2v) is 12.8. The van der Waals surface area contributed by atoms with Crippen molar-refractivity contribution in [2.45, 2.75) is 28.3 Å². The van der Waals surface area contributed by atoms with E-state index in [-0.39, 0.29) is 42.4 Å². The molecule has 3 aliphatic heterocycles. The Morgan fingerprint density at radius 1 is 1.16 bits per heavy atom. The number of nitrogens with zero attached hydrogens (tertiary/aromatic N) is 5. The van der Waals surface area contributed by atoms with E-state index in [9.17, 15) is 39.1 Å². The molecule has 1 unspecified atom stereocenters. The second kappa shape index (κ2) is 12.9. The molecular weight excluding hydrogens is 637 g/mol. The van der Waals surface area contributed by atoms with Crippen LogP contribution in [0, 0.1) is 0 Å². The summed E-state index contributed by atoms with van der Waals surface area (Å²) in [6.45, 7) is 2.02. The van der Waals surface area contributed by atoms with Crippen molar-refractivity contribution in [1.29, 1.82) is 0 Å². The topological polar surface area (TPSA) is 214 Å². The molecule has 6 amide bonds. The zero-order chi connectivity index (χ0) is 31.6. The summed E-state index contributed by atoms with van der Waals surface area (Å²) in [5.41, 5.74) is 1.73. The van der Waals surface area contributed by atoms with E-state index >= 15 is 0 Å². The zero-order valence-electron chi connectivity index (χ0n) is 23.0. The van der Waals surface area contributed by atoms with Crippen molar-refractivity contribution in [3.8, 4) is 0 Å². The highest BCUT2D eigenvalue weighted by atomic mass is 32.2. The van der Waals surface area contributed by atoms with Gasteiger partial charge in [-0.25, -0.2) is 9.59 Å². The lowest BCUT2D eigenvalue weighted by molar-refractivity contribution is -0.171. The Morgan fingerprint density at radius 2 is 1.91 bits per heavy atom. The van der Waals surface area contributed by atoms with Crippen LogP contribution in [-0.4, -0.2) is 113 Å². The molecule has 1 aromatic carbocycles. The Balaban J connectivity index is 1.36. The van der Waals surface area contributed by atoms with Gasteiger partial charge in [0.2, 0.25) is 11.6 Å². The number of hydrogen-bond acceptors (Lipinski definition) is 13. The van der Waals surface area contributed by atoms with Crippen molar-refractivity contribution in [1.82, 2.24) is 41.0 Å². The normalized spacial score (nSPS) is 22.4. The number of piperazine rings is 1. The fraction of sp³-hybridized carbons (Fsp3) is 0.360. The first-order valence-corrected chi connectivity index (χ1v) is 16.0. The maximum absolute atomic E-state index is 13.7. The number of imide groups is 1. The molecule has 0 spiro atoms. The first-order chi connectivity index (χ1) is 21.1. The first kappa shape index (κ1) is 31.4. The van der Waals surface area contributed by atoms with Gasteiger partial charge in [-0.3, -0.25) is 29.0 Å². The third-order valence-electron chi connectivity index (χ3n) is 7.16. The van der Waals surface area contributed by atoms with Gasteiger partial charge in [0.05, 0.1) is 0 Å². The third kappa shape index (κ3) is 5.63. The molecule has 3 atom stereocenters. The first-order valence-electron chi connectivity index (χ1n) is 13.1. The summed E-state index contributed by atoms with van der Waals surface area (Å²) < 4.78 is 0.621. The van der Waals surface area contributed by atoms with Crippen LogP contribution >= 0.6 is 34.9 Å². The fourth-order valence-corrected chi connectivity index (χ4v) is 7.97. The molecule has 1 aromatic heterocycles. The minimum absolute atomic E-state index is 0.0916. The third-order valence-corrected chi connectivity index (χ3v) is 10.5. The van der Waals surface area contributed by atoms with E-state index in [4.69, 9.17) is 0 Å². The molecule has 44 heavy (non-hydrogen) atoms. The van der Waals surface area contributed by atoms with Crippen LogP contribution in [0.2, 0.25) is 0 Å². The number of hydrogen-bond donors (Lipinski definition) is 5. The molecular formula is C25H26N8O8S3. The minimum atomic E-state index is -2.13. The number of β-lactam (4-membered cyclic amide) rings is 1.